The van der Waals surface area contributed by atoms with Gasteiger partial charge in [0.05, 0.1) is 0 Å². The van der Waals surface area contributed by atoms with E-state index in [-0.39, 0.29) is 32.7 Å². The van der Waals surface area contributed by atoms with Crippen molar-refractivity contribution in [1.29, 1.82) is 0 Å². The number of rotatable bonds is 2. The van der Waals surface area contributed by atoms with Crippen LogP contribution in [0, 0.1) is 19.1 Å². The molecule has 0 saturated carbocycles. The molecule has 0 amide bonds. The summed E-state index contributed by atoms with van der Waals surface area (Å²) in [6.07, 6.45) is 2.07. The molecule has 0 atom stereocenters. The van der Waals surface area contributed by atoms with Crippen molar-refractivity contribution in [2.24, 2.45) is 7.05 Å². The van der Waals surface area contributed by atoms with Gasteiger partial charge in [0.25, 0.3) is 0 Å². The molecule has 4 aromatic carbocycles. The van der Waals surface area contributed by atoms with Crippen LogP contribution in [0.3, 0.4) is 0 Å². The van der Waals surface area contributed by atoms with Crippen LogP contribution in [0.2, 0.25) is 0 Å². The fourth-order valence-electron chi connectivity index (χ4n) is 3.85. The average molecular weight is 447 g/mol. The van der Waals surface area contributed by atoms with E-state index in [4.69, 9.17) is 0 Å². The molecule has 1 aromatic heterocycles. The largest absolute Gasteiger partial charge is 0.234 e. The molecular weight excluding hydrogens is 427 g/mol. The van der Waals surface area contributed by atoms with Crippen LogP contribution in [0.15, 0.2) is 85.1 Å². The Morgan fingerprint density at radius 1 is 0.690 bits per heavy atom. The molecule has 0 N–H and O–H groups in total. The smallest absolute Gasteiger partial charge is 0.161 e. The van der Waals surface area contributed by atoms with Crippen LogP contribution >= 0.6 is 0 Å². The Labute approximate surface area is 196 Å². The first-order chi connectivity index (χ1) is 13.7. The minimum atomic E-state index is 0. The van der Waals surface area contributed by atoms with Crippen LogP contribution in [-0.2, 0) is 39.8 Å². The second-order valence-corrected chi connectivity index (χ2v) is 7.25. The van der Waals surface area contributed by atoms with Gasteiger partial charge in [0.1, 0.15) is 12.7 Å². The second kappa shape index (κ2) is 8.18. The number of aryl methyl sites for hydroxylation is 2. The van der Waals surface area contributed by atoms with Crippen molar-refractivity contribution in [3.63, 3.8) is 0 Å². The molecule has 5 aromatic rings. The summed E-state index contributed by atoms with van der Waals surface area (Å²) in [5.41, 5.74) is 5.65. The number of fused-ring (bicyclic) bond motifs is 3. The Morgan fingerprint density at radius 2 is 1.38 bits per heavy atom. The Bertz CT molecular complexity index is 1340. The summed E-state index contributed by atoms with van der Waals surface area (Å²) >= 11 is 0. The molecule has 1 heterocycles. The molecule has 1 radical (unpaired) electrons. The summed E-state index contributed by atoms with van der Waals surface area (Å²) in [4.78, 5) is 0. The van der Waals surface area contributed by atoms with E-state index < -0.39 is 0 Å². The predicted molar refractivity (Wildman–Crippen MR) is 116 cm³/mol. The van der Waals surface area contributed by atoms with Gasteiger partial charge < -0.3 is 0 Å². The number of aromatic nitrogens is 1. The zero-order chi connectivity index (χ0) is 19.1. The van der Waals surface area contributed by atoms with Crippen molar-refractivity contribution in [2.75, 3.05) is 0 Å². The van der Waals surface area contributed by atoms with E-state index in [0.717, 1.165) is 27.8 Å². The van der Waals surface area contributed by atoms with Gasteiger partial charge in [-0.25, -0.2) is 4.57 Å². The molecule has 0 unspecified atom stereocenters. The van der Waals surface area contributed by atoms with Crippen LogP contribution in [0.5, 0.6) is 0 Å². The van der Waals surface area contributed by atoms with Gasteiger partial charge in [-0.2, -0.15) is 35.4 Å². The summed E-state index contributed by atoms with van der Waals surface area (Å²) < 4.78 is 2.14. The normalized spacial score (nSPS) is 10.8. The third kappa shape index (κ3) is 3.66. The molecular formula is C27H20NY-. The summed E-state index contributed by atoms with van der Waals surface area (Å²) in [5, 5.41) is 4.86. The SMILES string of the molecule is Cc1ccc(-c2[c-]c3c(cc2)ccc2ccccc23)[c-]c1-c1cccc[n+]1C.[Y]. The second-order valence-electron chi connectivity index (χ2n) is 7.25. The molecule has 0 spiro atoms. The number of hydrogen-bond donors (Lipinski definition) is 0. The van der Waals surface area contributed by atoms with Crippen LogP contribution in [0.25, 0.3) is 43.9 Å². The Kier molecular flexibility index (Phi) is 5.63. The number of pyridine rings is 1. The van der Waals surface area contributed by atoms with E-state index in [1.165, 1.54) is 21.7 Å². The van der Waals surface area contributed by atoms with Crippen molar-refractivity contribution < 1.29 is 37.3 Å². The zero-order valence-electron chi connectivity index (χ0n) is 16.6. The van der Waals surface area contributed by atoms with Gasteiger partial charge in [-0.3, -0.25) is 0 Å². The first-order valence-electron chi connectivity index (χ1n) is 9.53. The van der Waals surface area contributed by atoms with E-state index >= 15 is 0 Å². The van der Waals surface area contributed by atoms with Crippen molar-refractivity contribution in [3.8, 4) is 22.4 Å². The molecule has 0 bridgehead atoms. The van der Waals surface area contributed by atoms with Crippen molar-refractivity contribution in [3.05, 3.63) is 103 Å². The molecule has 137 valence electrons. The molecule has 1 nitrogen and oxygen atoms in total. The molecule has 29 heavy (non-hydrogen) atoms. The van der Waals surface area contributed by atoms with Crippen LogP contribution in [-0.4, -0.2) is 0 Å². The van der Waals surface area contributed by atoms with Crippen molar-refractivity contribution in [2.45, 2.75) is 6.92 Å². The van der Waals surface area contributed by atoms with Gasteiger partial charge in [0.15, 0.2) is 6.20 Å². The molecule has 0 saturated heterocycles. The quantitative estimate of drug-likeness (QED) is 0.176. The van der Waals surface area contributed by atoms with Gasteiger partial charge in [-0.1, -0.05) is 71.1 Å². The standard InChI is InChI=1S/C27H20N.Y/c1-19-10-11-22(17-25(19)27-9-5-6-16-28(27)2)23-15-14-21-13-12-20-7-3-4-8-24(20)26(21)18-23;/h3-16H,1-2H3;/q-1;. The minimum Gasteiger partial charge on any atom is -0.234 e. The van der Waals surface area contributed by atoms with E-state index in [1.54, 1.807) is 0 Å². The topological polar surface area (TPSA) is 3.88 Å². The molecule has 5 rings (SSSR count). The molecule has 0 fully saturated rings. The Balaban J connectivity index is 0.00000205. The molecule has 0 aliphatic rings. The summed E-state index contributed by atoms with van der Waals surface area (Å²) in [6, 6.07) is 35.1. The fraction of sp³-hybridized carbons (Fsp3) is 0.0741. The van der Waals surface area contributed by atoms with Gasteiger partial charge >= 0.3 is 0 Å². The van der Waals surface area contributed by atoms with E-state index in [0.29, 0.717) is 0 Å². The molecule has 0 aliphatic carbocycles. The third-order valence-electron chi connectivity index (χ3n) is 5.41. The van der Waals surface area contributed by atoms with Gasteiger partial charge in [-0.05, 0) is 6.07 Å². The summed E-state index contributed by atoms with van der Waals surface area (Å²) in [5.74, 6) is 0. The van der Waals surface area contributed by atoms with Crippen LogP contribution in [0.1, 0.15) is 5.56 Å². The Hall–Kier alpha value is -2.35. The number of nitrogens with zero attached hydrogens (tertiary/aromatic N) is 1. The summed E-state index contributed by atoms with van der Waals surface area (Å²) in [7, 11) is 2.07. The molecule has 2 heteroatoms. The average Bonchev–Trinajstić information content (AvgIpc) is 2.74. The number of hydrogen-bond acceptors (Lipinski definition) is 0. The fourth-order valence-corrected chi connectivity index (χ4v) is 3.85. The van der Waals surface area contributed by atoms with Crippen molar-refractivity contribution in [1.82, 2.24) is 0 Å². The van der Waals surface area contributed by atoms with Crippen LogP contribution < -0.4 is 4.57 Å². The first-order valence-corrected chi connectivity index (χ1v) is 9.53. The van der Waals surface area contributed by atoms with Gasteiger partial charge in [0, 0.05) is 38.8 Å². The monoisotopic (exact) mass is 447 g/mol. The molecule has 0 aliphatic heterocycles. The first kappa shape index (κ1) is 19.9. The Morgan fingerprint density at radius 3 is 2.24 bits per heavy atom. The third-order valence-corrected chi connectivity index (χ3v) is 5.41. The van der Waals surface area contributed by atoms with E-state index in [1.807, 2.05) is 6.07 Å². The zero-order valence-corrected chi connectivity index (χ0v) is 19.4. The maximum absolute atomic E-state index is 3.66. The predicted octanol–water partition coefficient (Wildman–Crippen LogP) is 6.06. The van der Waals surface area contributed by atoms with Crippen LogP contribution in [0.4, 0.5) is 0 Å². The van der Waals surface area contributed by atoms with E-state index in [2.05, 4.69) is 110 Å². The summed E-state index contributed by atoms with van der Waals surface area (Å²) in [6.45, 7) is 2.14. The maximum Gasteiger partial charge on any atom is 0.161 e. The number of benzene rings is 4. The van der Waals surface area contributed by atoms with Gasteiger partial charge in [-0.15, -0.1) is 23.1 Å². The van der Waals surface area contributed by atoms with E-state index in [9.17, 15) is 0 Å². The minimum absolute atomic E-state index is 0. The van der Waals surface area contributed by atoms with Gasteiger partial charge in [0.2, 0.25) is 0 Å². The van der Waals surface area contributed by atoms with Crippen molar-refractivity contribution >= 4 is 21.5 Å². The maximum atomic E-state index is 3.66.